The number of nitrogens with one attached hydrogen (secondary N) is 1. The topological polar surface area (TPSA) is 114 Å². The summed E-state index contributed by atoms with van der Waals surface area (Å²) in [5, 5.41) is 21.1. The van der Waals surface area contributed by atoms with Gasteiger partial charge in [0.15, 0.2) is 0 Å². The van der Waals surface area contributed by atoms with E-state index in [1.165, 1.54) is 15.8 Å². The highest BCUT2D eigenvalue weighted by Gasteiger charge is 2.45. The highest BCUT2D eigenvalue weighted by Crippen LogP contribution is 2.41. The predicted octanol–water partition coefficient (Wildman–Crippen LogP) is 5.17. The number of hydrazone groups is 1. The van der Waals surface area contributed by atoms with E-state index in [2.05, 4.69) is 10.2 Å². The SMILES string of the molecule is CC1=NN(c2ccc(C)cc2)C(=O)[C@H]1[C@H](c1ccccc1[N+](=O)[O-])c1c(C)[nH]n(-c2ccc(C)cc2)c1=O. The van der Waals surface area contributed by atoms with Gasteiger partial charge in [-0.3, -0.25) is 24.8 Å². The Morgan fingerprint density at radius 1 is 0.868 bits per heavy atom. The lowest BCUT2D eigenvalue weighted by molar-refractivity contribution is -0.385. The average Bonchev–Trinajstić information content (AvgIpc) is 3.36. The Kier molecular flexibility index (Phi) is 6.28. The summed E-state index contributed by atoms with van der Waals surface area (Å²) in [5.74, 6) is -2.19. The Morgan fingerprint density at radius 2 is 1.45 bits per heavy atom. The van der Waals surface area contributed by atoms with Crippen molar-refractivity contribution in [2.75, 3.05) is 5.01 Å². The molecule has 38 heavy (non-hydrogen) atoms. The molecule has 0 fully saturated rings. The van der Waals surface area contributed by atoms with E-state index < -0.39 is 16.8 Å². The van der Waals surface area contributed by atoms with Gasteiger partial charge in [0.25, 0.3) is 17.2 Å². The van der Waals surface area contributed by atoms with Crippen molar-refractivity contribution in [1.29, 1.82) is 0 Å². The molecule has 3 aromatic carbocycles. The first kappa shape index (κ1) is 24.9. The quantitative estimate of drug-likeness (QED) is 0.285. The molecular weight excluding hydrogens is 482 g/mol. The normalized spacial score (nSPS) is 16.0. The van der Waals surface area contributed by atoms with Gasteiger partial charge in [0.05, 0.1) is 22.2 Å². The summed E-state index contributed by atoms with van der Waals surface area (Å²) in [6, 6.07) is 21.1. The molecule has 0 unspecified atom stereocenters. The van der Waals surface area contributed by atoms with E-state index in [4.69, 9.17) is 0 Å². The number of aromatic amines is 1. The van der Waals surface area contributed by atoms with Crippen LogP contribution in [0, 0.1) is 36.8 Å². The van der Waals surface area contributed by atoms with E-state index in [-0.39, 0.29) is 22.7 Å². The molecule has 1 amide bonds. The largest absolute Gasteiger partial charge is 0.295 e. The third-order valence-corrected chi connectivity index (χ3v) is 6.98. The second-order valence-corrected chi connectivity index (χ2v) is 9.62. The molecule has 9 heteroatoms. The number of aromatic nitrogens is 2. The maximum Gasteiger partial charge on any atom is 0.275 e. The van der Waals surface area contributed by atoms with Gasteiger partial charge in [-0.1, -0.05) is 53.6 Å². The second-order valence-electron chi connectivity index (χ2n) is 9.62. The van der Waals surface area contributed by atoms with Crippen molar-refractivity contribution in [2.24, 2.45) is 11.0 Å². The number of rotatable bonds is 6. The zero-order chi connectivity index (χ0) is 27.1. The number of para-hydroxylation sites is 1. The predicted molar refractivity (Wildman–Crippen MR) is 146 cm³/mol. The molecule has 2 heterocycles. The minimum absolute atomic E-state index is 0.159. The van der Waals surface area contributed by atoms with E-state index in [1.807, 2.05) is 50.2 Å². The van der Waals surface area contributed by atoms with Crippen molar-refractivity contribution in [3.8, 4) is 5.69 Å². The molecule has 0 aliphatic carbocycles. The standard InChI is InChI=1S/C29H27N5O4/c1-17-9-13-21(14-10-17)32-28(35)25(19(3)30-32)27(23-7-5-6-8-24(23)34(37)38)26-20(4)31-33(29(26)36)22-15-11-18(2)12-16-22/h5-16,25,27,31H,1-4H3/t25-,27+/m1/s1. The number of benzene rings is 3. The molecule has 1 aliphatic heterocycles. The van der Waals surface area contributed by atoms with Gasteiger partial charge in [0, 0.05) is 34.5 Å². The number of H-pyrrole nitrogens is 1. The van der Waals surface area contributed by atoms with Crippen LogP contribution in [0.5, 0.6) is 0 Å². The first-order valence-corrected chi connectivity index (χ1v) is 12.2. The van der Waals surface area contributed by atoms with Crippen molar-refractivity contribution >= 4 is 23.0 Å². The van der Waals surface area contributed by atoms with Gasteiger partial charge in [-0.2, -0.15) is 5.10 Å². The molecule has 1 aliphatic rings. The molecule has 0 spiro atoms. The van der Waals surface area contributed by atoms with Crippen molar-refractivity contribution in [3.05, 3.63) is 121 Å². The highest BCUT2D eigenvalue weighted by atomic mass is 16.6. The lowest BCUT2D eigenvalue weighted by atomic mass is 9.77. The Labute approximate surface area is 219 Å². The molecule has 5 rings (SSSR count). The van der Waals surface area contributed by atoms with E-state index in [9.17, 15) is 19.7 Å². The molecule has 0 radical (unpaired) electrons. The van der Waals surface area contributed by atoms with E-state index in [0.717, 1.165) is 11.1 Å². The summed E-state index contributed by atoms with van der Waals surface area (Å²) in [4.78, 5) is 39.4. The number of hydrogen-bond acceptors (Lipinski definition) is 5. The average molecular weight is 510 g/mol. The summed E-state index contributed by atoms with van der Waals surface area (Å²) in [7, 11) is 0. The van der Waals surface area contributed by atoms with Gasteiger partial charge >= 0.3 is 0 Å². The van der Waals surface area contributed by atoms with Crippen molar-refractivity contribution in [3.63, 3.8) is 0 Å². The first-order valence-electron chi connectivity index (χ1n) is 12.2. The molecule has 0 saturated carbocycles. The molecule has 1 aromatic heterocycles. The van der Waals surface area contributed by atoms with E-state index in [0.29, 0.717) is 28.3 Å². The van der Waals surface area contributed by atoms with Gasteiger partial charge in [0.1, 0.15) is 0 Å². The number of hydrogen-bond donors (Lipinski definition) is 1. The molecule has 2 atom stereocenters. The van der Waals surface area contributed by atoms with Crippen molar-refractivity contribution in [1.82, 2.24) is 9.78 Å². The van der Waals surface area contributed by atoms with E-state index in [1.54, 1.807) is 44.2 Å². The van der Waals surface area contributed by atoms with Crippen LogP contribution < -0.4 is 10.6 Å². The van der Waals surface area contributed by atoms with Gasteiger partial charge in [-0.05, 0) is 52.0 Å². The summed E-state index contributed by atoms with van der Waals surface area (Å²) < 4.78 is 1.41. The van der Waals surface area contributed by atoms with Crippen LogP contribution in [0.4, 0.5) is 11.4 Å². The number of anilines is 1. The first-order chi connectivity index (χ1) is 18.2. The van der Waals surface area contributed by atoms with Crippen LogP contribution in [-0.2, 0) is 4.79 Å². The summed E-state index contributed by atoms with van der Waals surface area (Å²) in [6.07, 6.45) is 0. The summed E-state index contributed by atoms with van der Waals surface area (Å²) in [5.41, 5.74) is 4.33. The number of nitro benzene ring substituents is 1. The minimum atomic E-state index is -0.932. The molecule has 0 bridgehead atoms. The Hall–Kier alpha value is -4.79. The monoisotopic (exact) mass is 509 g/mol. The fraction of sp³-hybridized carbons (Fsp3) is 0.207. The zero-order valence-electron chi connectivity index (χ0n) is 21.5. The maximum atomic E-state index is 13.9. The molecule has 0 saturated heterocycles. The molecule has 9 nitrogen and oxygen atoms in total. The van der Waals surface area contributed by atoms with Crippen LogP contribution in [-0.4, -0.2) is 26.3 Å². The lowest BCUT2D eigenvalue weighted by Crippen LogP contribution is -2.34. The number of aryl methyl sites for hydroxylation is 3. The fourth-order valence-corrected chi connectivity index (χ4v) is 5.05. The van der Waals surface area contributed by atoms with Crippen LogP contribution in [0.2, 0.25) is 0 Å². The van der Waals surface area contributed by atoms with Gasteiger partial charge in [0.2, 0.25) is 0 Å². The minimum Gasteiger partial charge on any atom is -0.295 e. The zero-order valence-corrected chi connectivity index (χ0v) is 21.5. The van der Waals surface area contributed by atoms with Gasteiger partial charge in [-0.25, -0.2) is 9.69 Å². The van der Waals surface area contributed by atoms with Gasteiger partial charge in [-0.15, -0.1) is 0 Å². The smallest absolute Gasteiger partial charge is 0.275 e. The number of carbonyl (C=O) groups is 1. The molecular formula is C29H27N5O4. The summed E-state index contributed by atoms with van der Waals surface area (Å²) in [6.45, 7) is 7.37. The maximum absolute atomic E-state index is 13.9. The number of carbonyl (C=O) groups excluding carboxylic acids is 1. The fourth-order valence-electron chi connectivity index (χ4n) is 5.05. The Morgan fingerprint density at radius 3 is 2.05 bits per heavy atom. The molecule has 1 N–H and O–H groups in total. The lowest BCUT2D eigenvalue weighted by Gasteiger charge is -2.23. The number of nitro groups is 1. The third-order valence-electron chi connectivity index (χ3n) is 6.98. The Bertz CT molecular complexity index is 1630. The number of amides is 1. The van der Waals surface area contributed by atoms with Crippen LogP contribution in [0.15, 0.2) is 82.7 Å². The Balaban J connectivity index is 1.70. The van der Waals surface area contributed by atoms with Crippen molar-refractivity contribution < 1.29 is 9.72 Å². The second kappa shape index (κ2) is 9.59. The van der Waals surface area contributed by atoms with Crippen LogP contribution in [0.25, 0.3) is 5.69 Å². The third kappa shape index (κ3) is 4.21. The van der Waals surface area contributed by atoms with Crippen LogP contribution in [0.3, 0.4) is 0 Å². The van der Waals surface area contributed by atoms with Crippen molar-refractivity contribution in [2.45, 2.75) is 33.6 Å². The molecule has 192 valence electrons. The summed E-state index contributed by atoms with van der Waals surface area (Å²) >= 11 is 0. The highest BCUT2D eigenvalue weighted by molar-refractivity contribution is 6.15. The van der Waals surface area contributed by atoms with E-state index >= 15 is 0 Å². The van der Waals surface area contributed by atoms with Gasteiger partial charge < -0.3 is 0 Å². The number of nitrogens with zero attached hydrogens (tertiary/aromatic N) is 4. The molecule has 4 aromatic rings. The van der Waals surface area contributed by atoms with Crippen LogP contribution >= 0.6 is 0 Å². The van der Waals surface area contributed by atoms with Crippen LogP contribution in [0.1, 0.15) is 40.8 Å².